The number of pyridine rings is 1. The number of halogens is 3. The van der Waals surface area contributed by atoms with Gasteiger partial charge in [0.15, 0.2) is 0 Å². The summed E-state index contributed by atoms with van der Waals surface area (Å²) in [6.45, 7) is 3.94. The first-order valence-corrected chi connectivity index (χ1v) is 8.77. The zero-order valence-corrected chi connectivity index (χ0v) is 14.8. The van der Waals surface area contributed by atoms with Gasteiger partial charge in [-0.2, -0.15) is 18.2 Å². The van der Waals surface area contributed by atoms with Gasteiger partial charge in [-0.15, -0.1) is 0 Å². The van der Waals surface area contributed by atoms with Crippen LogP contribution in [0.1, 0.15) is 12.0 Å². The molecule has 1 saturated heterocycles. The molecule has 2 aromatic heterocycles. The summed E-state index contributed by atoms with van der Waals surface area (Å²) in [4.78, 5) is 16.8. The van der Waals surface area contributed by atoms with Gasteiger partial charge in [0.2, 0.25) is 5.95 Å². The maximum absolute atomic E-state index is 12.7. The Morgan fingerprint density at radius 2 is 1.74 bits per heavy atom. The number of nitrogens with two attached hydrogens (primary N) is 1. The van der Waals surface area contributed by atoms with Crippen molar-refractivity contribution in [2.75, 3.05) is 54.4 Å². The molecule has 7 nitrogen and oxygen atoms in total. The molecule has 3 rings (SSSR count). The van der Waals surface area contributed by atoms with Gasteiger partial charge in [0.25, 0.3) is 0 Å². The maximum atomic E-state index is 12.7. The molecule has 1 fully saturated rings. The molecule has 3 heterocycles. The second-order valence-electron chi connectivity index (χ2n) is 6.18. The van der Waals surface area contributed by atoms with Crippen LogP contribution in [0.5, 0.6) is 0 Å². The number of hydrogen-bond donors (Lipinski definition) is 2. The van der Waals surface area contributed by atoms with Crippen LogP contribution in [-0.2, 0) is 6.18 Å². The van der Waals surface area contributed by atoms with Crippen LogP contribution in [0.2, 0.25) is 0 Å². The summed E-state index contributed by atoms with van der Waals surface area (Å²) >= 11 is 0. The van der Waals surface area contributed by atoms with E-state index in [1.54, 1.807) is 6.20 Å². The number of aromatic nitrogens is 3. The van der Waals surface area contributed by atoms with Gasteiger partial charge in [-0.1, -0.05) is 0 Å². The topological polar surface area (TPSA) is 83.2 Å². The number of alkyl halides is 3. The predicted molar refractivity (Wildman–Crippen MR) is 97.9 cm³/mol. The summed E-state index contributed by atoms with van der Waals surface area (Å²) in [6, 6.07) is 4.35. The lowest BCUT2D eigenvalue weighted by molar-refractivity contribution is -0.137. The minimum atomic E-state index is -4.37. The highest BCUT2D eigenvalue weighted by Gasteiger charge is 2.31. The fourth-order valence-electron chi connectivity index (χ4n) is 2.91. The lowest BCUT2D eigenvalue weighted by atomic mass is 10.2. The fourth-order valence-corrected chi connectivity index (χ4v) is 2.91. The molecule has 0 atom stereocenters. The normalized spacial score (nSPS) is 15.6. The van der Waals surface area contributed by atoms with Gasteiger partial charge < -0.3 is 20.9 Å². The summed E-state index contributed by atoms with van der Waals surface area (Å²) < 4.78 is 38.1. The number of nitrogens with zero attached hydrogens (tertiary/aromatic N) is 5. The van der Waals surface area contributed by atoms with E-state index >= 15 is 0 Å². The second-order valence-corrected chi connectivity index (χ2v) is 6.18. The molecular weight excluding hydrogens is 359 g/mol. The van der Waals surface area contributed by atoms with Crippen LogP contribution in [0, 0.1) is 0 Å². The average molecular weight is 381 g/mol. The highest BCUT2D eigenvalue weighted by Crippen LogP contribution is 2.29. The number of anilines is 3. The standard InChI is InChI=1S/C17H22F3N7/c18-17(19,20)13-2-3-14(24-12-13)26-8-1-9-27(11-10-26)15-4-6-22-16(25-15)23-7-5-21/h2-4,6,12H,1,5,7-11,21H2,(H,22,23,25). The Kier molecular flexibility index (Phi) is 5.94. The van der Waals surface area contributed by atoms with Gasteiger partial charge in [0.05, 0.1) is 5.56 Å². The lowest BCUT2D eigenvalue weighted by Gasteiger charge is -2.23. The van der Waals surface area contributed by atoms with E-state index in [1.807, 2.05) is 11.0 Å². The molecule has 1 aliphatic heterocycles. The zero-order chi connectivity index (χ0) is 19.3. The molecule has 27 heavy (non-hydrogen) atoms. The highest BCUT2D eigenvalue weighted by atomic mass is 19.4. The molecule has 0 bridgehead atoms. The minimum absolute atomic E-state index is 0.492. The van der Waals surface area contributed by atoms with Crippen molar-refractivity contribution in [3.63, 3.8) is 0 Å². The van der Waals surface area contributed by atoms with Crippen molar-refractivity contribution < 1.29 is 13.2 Å². The molecule has 146 valence electrons. The van der Waals surface area contributed by atoms with E-state index in [0.29, 0.717) is 37.9 Å². The van der Waals surface area contributed by atoms with Gasteiger partial charge in [0, 0.05) is 51.7 Å². The second kappa shape index (κ2) is 8.38. The Morgan fingerprint density at radius 3 is 2.37 bits per heavy atom. The van der Waals surface area contributed by atoms with Crippen LogP contribution in [-0.4, -0.2) is 54.2 Å². The van der Waals surface area contributed by atoms with Crippen LogP contribution in [0.4, 0.5) is 30.8 Å². The predicted octanol–water partition coefficient (Wildman–Crippen LogP) is 1.98. The molecule has 0 radical (unpaired) electrons. The Labute approximate surface area is 155 Å². The van der Waals surface area contributed by atoms with Crippen LogP contribution in [0.15, 0.2) is 30.6 Å². The van der Waals surface area contributed by atoms with Crippen molar-refractivity contribution >= 4 is 17.6 Å². The molecule has 0 unspecified atom stereocenters. The monoisotopic (exact) mass is 381 g/mol. The summed E-state index contributed by atoms with van der Waals surface area (Å²) in [5.41, 5.74) is 4.74. The fraction of sp³-hybridized carbons (Fsp3) is 0.471. The van der Waals surface area contributed by atoms with Crippen molar-refractivity contribution in [1.29, 1.82) is 0 Å². The first-order chi connectivity index (χ1) is 13.0. The molecule has 2 aromatic rings. The first-order valence-electron chi connectivity index (χ1n) is 8.77. The Hall–Kier alpha value is -2.62. The van der Waals surface area contributed by atoms with Gasteiger partial charge >= 0.3 is 6.18 Å². The van der Waals surface area contributed by atoms with Crippen molar-refractivity contribution in [2.24, 2.45) is 5.73 Å². The van der Waals surface area contributed by atoms with Crippen molar-refractivity contribution in [3.05, 3.63) is 36.2 Å². The lowest BCUT2D eigenvalue weighted by Crippen LogP contribution is -2.31. The molecule has 0 amide bonds. The largest absolute Gasteiger partial charge is 0.417 e. The van der Waals surface area contributed by atoms with Crippen LogP contribution >= 0.6 is 0 Å². The van der Waals surface area contributed by atoms with Gasteiger partial charge in [-0.3, -0.25) is 0 Å². The van der Waals surface area contributed by atoms with Crippen molar-refractivity contribution in [3.8, 4) is 0 Å². The Bertz CT molecular complexity index is 736. The smallest absolute Gasteiger partial charge is 0.355 e. The highest BCUT2D eigenvalue weighted by molar-refractivity contribution is 5.45. The number of hydrogen-bond acceptors (Lipinski definition) is 7. The molecule has 0 aromatic carbocycles. The zero-order valence-electron chi connectivity index (χ0n) is 14.8. The van der Waals surface area contributed by atoms with E-state index in [2.05, 4.69) is 25.2 Å². The summed E-state index contributed by atoms with van der Waals surface area (Å²) in [7, 11) is 0. The number of nitrogens with one attached hydrogen (secondary N) is 1. The minimum Gasteiger partial charge on any atom is -0.355 e. The van der Waals surface area contributed by atoms with E-state index in [4.69, 9.17) is 5.73 Å². The molecule has 0 spiro atoms. The molecular formula is C17H22F3N7. The number of rotatable bonds is 5. The summed E-state index contributed by atoms with van der Waals surface area (Å²) in [6.07, 6.45) is -0.943. The molecule has 1 aliphatic rings. The molecule has 3 N–H and O–H groups in total. The first kappa shape index (κ1) is 19.2. The molecule has 0 saturated carbocycles. The third-order valence-electron chi connectivity index (χ3n) is 4.29. The maximum Gasteiger partial charge on any atom is 0.417 e. The molecule has 0 aliphatic carbocycles. The van der Waals surface area contributed by atoms with E-state index in [0.717, 1.165) is 37.6 Å². The summed E-state index contributed by atoms with van der Waals surface area (Å²) in [5, 5.41) is 3.06. The summed E-state index contributed by atoms with van der Waals surface area (Å²) in [5.74, 6) is 1.90. The SMILES string of the molecule is NCCNc1nccc(N2CCCN(c3ccc(C(F)(F)F)cn3)CC2)n1. The Balaban J connectivity index is 1.65. The quantitative estimate of drug-likeness (QED) is 0.819. The Morgan fingerprint density at radius 1 is 1.00 bits per heavy atom. The van der Waals surface area contributed by atoms with Gasteiger partial charge in [-0.25, -0.2) is 9.97 Å². The van der Waals surface area contributed by atoms with E-state index in [9.17, 15) is 13.2 Å². The van der Waals surface area contributed by atoms with E-state index in [-0.39, 0.29) is 0 Å². The van der Waals surface area contributed by atoms with E-state index < -0.39 is 11.7 Å². The van der Waals surface area contributed by atoms with Gasteiger partial charge in [-0.05, 0) is 24.6 Å². The van der Waals surface area contributed by atoms with Crippen molar-refractivity contribution in [2.45, 2.75) is 12.6 Å². The average Bonchev–Trinajstić information content (AvgIpc) is 2.92. The molecule has 10 heteroatoms. The van der Waals surface area contributed by atoms with Gasteiger partial charge in [0.1, 0.15) is 11.6 Å². The third-order valence-corrected chi connectivity index (χ3v) is 4.29. The van der Waals surface area contributed by atoms with E-state index in [1.165, 1.54) is 6.07 Å². The third kappa shape index (κ3) is 4.97. The van der Waals surface area contributed by atoms with Crippen molar-refractivity contribution in [1.82, 2.24) is 15.0 Å². The van der Waals surface area contributed by atoms with Crippen LogP contribution < -0.4 is 20.9 Å². The van der Waals surface area contributed by atoms with Crippen LogP contribution in [0.25, 0.3) is 0 Å². The van der Waals surface area contributed by atoms with Crippen LogP contribution in [0.3, 0.4) is 0 Å².